The van der Waals surface area contributed by atoms with Gasteiger partial charge in [0.05, 0.1) is 21.1 Å². The van der Waals surface area contributed by atoms with Gasteiger partial charge in [0.25, 0.3) is 0 Å². The van der Waals surface area contributed by atoms with Gasteiger partial charge in [0, 0.05) is 55.2 Å². The molecule has 0 atom stereocenters. The van der Waals surface area contributed by atoms with Crippen LogP contribution in [0.1, 0.15) is 47.4 Å². The van der Waals surface area contributed by atoms with E-state index >= 15 is 0 Å². The highest BCUT2D eigenvalue weighted by Crippen LogP contribution is 2.37. The number of anilines is 2. The standard InChI is InChI=1S/C25H22N2O6S4/c1-25(2,7-19(28)26-21-5-3-17(36-21)13-9-34-11-15(13)23(30)31)8-20(29)27-22-6-4-18(37-22)14-10-35-12-16(14)24(32)33/h3-6,9-12H,7-8H2,1-2H3,(H,26,28)(H,27,29)(H,30,31)(H,32,33). The fourth-order valence-corrected chi connectivity index (χ4v) is 7.40. The molecular formula is C25H22N2O6S4. The van der Waals surface area contributed by atoms with Gasteiger partial charge in [-0.1, -0.05) is 13.8 Å². The Kier molecular flexibility index (Phi) is 7.93. The number of rotatable bonds is 10. The van der Waals surface area contributed by atoms with Crippen LogP contribution in [0.5, 0.6) is 0 Å². The van der Waals surface area contributed by atoms with E-state index in [1.807, 2.05) is 13.8 Å². The summed E-state index contributed by atoms with van der Waals surface area (Å²) in [6.07, 6.45) is 0.220. The van der Waals surface area contributed by atoms with Crippen molar-refractivity contribution in [3.8, 4) is 20.9 Å². The molecule has 4 heterocycles. The maximum Gasteiger partial charge on any atom is 0.337 e. The predicted molar refractivity (Wildman–Crippen MR) is 149 cm³/mol. The van der Waals surface area contributed by atoms with Gasteiger partial charge >= 0.3 is 11.9 Å². The van der Waals surface area contributed by atoms with Crippen molar-refractivity contribution >= 4 is 79.1 Å². The fraction of sp³-hybridized carbons (Fsp3) is 0.200. The van der Waals surface area contributed by atoms with E-state index in [0.717, 1.165) is 9.75 Å². The zero-order valence-corrected chi connectivity index (χ0v) is 23.0. The molecule has 0 saturated heterocycles. The van der Waals surface area contributed by atoms with Crippen molar-refractivity contribution < 1.29 is 29.4 Å². The normalized spacial score (nSPS) is 11.3. The second-order valence-corrected chi connectivity index (χ2v) is 12.6. The quantitative estimate of drug-likeness (QED) is 0.160. The lowest BCUT2D eigenvalue weighted by atomic mass is 9.85. The van der Waals surface area contributed by atoms with Gasteiger partial charge in [-0.2, -0.15) is 22.7 Å². The summed E-state index contributed by atoms with van der Waals surface area (Å²) in [7, 11) is 0. The van der Waals surface area contributed by atoms with Crippen molar-refractivity contribution in [2.45, 2.75) is 26.7 Å². The molecule has 0 aliphatic rings. The SMILES string of the molecule is CC(C)(CC(=O)Nc1ccc(-c2cscc2C(=O)O)s1)CC(=O)Nc1ccc(-c2cscc2C(=O)O)s1. The number of aromatic carboxylic acids is 2. The van der Waals surface area contributed by atoms with Crippen LogP contribution in [-0.2, 0) is 9.59 Å². The molecule has 0 aliphatic heterocycles. The Morgan fingerprint density at radius 3 is 1.49 bits per heavy atom. The first-order chi connectivity index (χ1) is 17.5. The third kappa shape index (κ3) is 6.52. The van der Waals surface area contributed by atoms with Gasteiger partial charge in [-0.25, -0.2) is 9.59 Å². The van der Waals surface area contributed by atoms with Crippen LogP contribution in [0.15, 0.2) is 45.8 Å². The summed E-state index contributed by atoms with van der Waals surface area (Å²) in [6.45, 7) is 3.67. The molecule has 192 valence electrons. The minimum Gasteiger partial charge on any atom is -0.478 e. The van der Waals surface area contributed by atoms with Gasteiger partial charge in [0.1, 0.15) is 0 Å². The molecule has 2 amide bonds. The van der Waals surface area contributed by atoms with Crippen molar-refractivity contribution in [3.63, 3.8) is 0 Å². The number of nitrogens with one attached hydrogen (secondary N) is 2. The van der Waals surface area contributed by atoms with Crippen LogP contribution in [0.25, 0.3) is 20.9 Å². The second kappa shape index (κ2) is 11.0. The molecule has 0 bridgehead atoms. The maximum atomic E-state index is 12.7. The number of carboxylic acids is 2. The Morgan fingerprint density at radius 1 is 0.703 bits per heavy atom. The van der Waals surface area contributed by atoms with Gasteiger partial charge in [0.15, 0.2) is 0 Å². The van der Waals surface area contributed by atoms with E-state index in [9.17, 15) is 29.4 Å². The number of carbonyl (C=O) groups excluding carboxylic acids is 2. The zero-order chi connectivity index (χ0) is 26.7. The van der Waals surface area contributed by atoms with E-state index < -0.39 is 17.4 Å². The minimum absolute atomic E-state index is 0.110. The molecule has 0 radical (unpaired) electrons. The molecule has 0 aliphatic carbocycles. The van der Waals surface area contributed by atoms with Gasteiger partial charge < -0.3 is 20.8 Å². The molecule has 37 heavy (non-hydrogen) atoms. The smallest absolute Gasteiger partial charge is 0.337 e. The van der Waals surface area contributed by atoms with Crippen molar-refractivity contribution in [1.82, 2.24) is 0 Å². The number of amides is 2. The molecule has 0 aromatic carbocycles. The summed E-state index contributed by atoms with van der Waals surface area (Å²) >= 11 is 5.20. The topological polar surface area (TPSA) is 133 Å². The van der Waals surface area contributed by atoms with Crippen molar-refractivity contribution in [2.75, 3.05) is 10.6 Å². The summed E-state index contributed by atoms with van der Waals surface area (Å²) < 4.78 is 0. The summed E-state index contributed by atoms with van der Waals surface area (Å²) in [5.41, 5.74) is 1.08. The lowest BCUT2D eigenvalue weighted by Crippen LogP contribution is -2.27. The monoisotopic (exact) mass is 574 g/mol. The van der Waals surface area contributed by atoms with Crippen molar-refractivity contribution in [3.05, 3.63) is 56.9 Å². The number of thiophene rings is 4. The van der Waals surface area contributed by atoms with Crippen LogP contribution in [0, 0.1) is 5.41 Å². The highest BCUT2D eigenvalue weighted by molar-refractivity contribution is 7.20. The van der Waals surface area contributed by atoms with Gasteiger partial charge in [0.2, 0.25) is 11.8 Å². The molecule has 8 nitrogen and oxygen atoms in total. The zero-order valence-electron chi connectivity index (χ0n) is 19.7. The third-order valence-corrected chi connectivity index (χ3v) is 8.89. The van der Waals surface area contributed by atoms with Crippen molar-refractivity contribution in [1.29, 1.82) is 0 Å². The first kappa shape index (κ1) is 26.7. The van der Waals surface area contributed by atoms with E-state index in [2.05, 4.69) is 10.6 Å². The van der Waals surface area contributed by atoms with E-state index in [4.69, 9.17) is 0 Å². The van der Waals surface area contributed by atoms with Crippen LogP contribution >= 0.6 is 45.3 Å². The van der Waals surface area contributed by atoms with Gasteiger partial charge in [-0.05, 0) is 29.7 Å². The maximum absolute atomic E-state index is 12.7. The van der Waals surface area contributed by atoms with Crippen LogP contribution in [0.2, 0.25) is 0 Å². The third-order valence-electron chi connectivity index (χ3n) is 5.33. The Bertz CT molecular complexity index is 1370. The average Bonchev–Trinajstić information content (AvgIpc) is 3.57. The molecule has 0 fully saturated rings. The molecule has 4 rings (SSSR count). The summed E-state index contributed by atoms with van der Waals surface area (Å²) in [4.78, 5) is 49.6. The number of hydrogen-bond donors (Lipinski definition) is 4. The molecule has 4 aromatic rings. The fourth-order valence-electron chi connectivity index (χ4n) is 3.70. The van der Waals surface area contributed by atoms with E-state index in [0.29, 0.717) is 21.1 Å². The van der Waals surface area contributed by atoms with E-state index in [1.165, 1.54) is 45.3 Å². The molecule has 12 heteroatoms. The highest BCUT2D eigenvalue weighted by atomic mass is 32.1. The molecule has 0 spiro atoms. The number of hydrogen-bond acceptors (Lipinski definition) is 8. The predicted octanol–water partition coefficient (Wildman–Crippen LogP) is 7.05. The van der Waals surface area contributed by atoms with Crippen LogP contribution in [-0.4, -0.2) is 34.0 Å². The van der Waals surface area contributed by atoms with Crippen LogP contribution in [0.4, 0.5) is 10.0 Å². The molecule has 4 N–H and O–H groups in total. The highest BCUT2D eigenvalue weighted by Gasteiger charge is 2.26. The molecule has 0 saturated carbocycles. The van der Waals surface area contributed by atoms with Crippen molar-refractivity contribution in [2.24, 2.45) is 5.41 Å². The van der Waals surface area contributed by atoms with Gasteiger partial charge in [-0.15, -0.1) is 22.7 Å². The lowest BCUT2D eigenvalue weighted by Gasteiger charge is -2.22. The first-order valence-corrected chi connectivity index (χ1v) is 14.4. The van der Waals surface area contributed by atoms with Gasteiger partial charge in [-0.3, -0.25) is 9.59 Å². The van der Waals surface area contributed by atoms with Crippen LogP contribution < -0.4 is 10.6 Å². The summed E-state index contributed by atoms with van der Waals surface area (Å²) in [5, 5.41) is 32.2. The Labute approximate surface area is 228 Å². The minimum atomic E-state index is -0.995. The molecular weight excluding hydrogens is 553 g/mol. The Balaban J connectivity index is 1.32. The summed E-state index contributed by atoms with van der Waals surface area (Å²) in [5.74, 6) is -2.48. The number of carbonyl (C=O) groups is 4. The largest absolute Gasteiger partial charge is 0.478 e. The first-order valence-electron chi connectivity index (χ1n) is 10.9. The average molecular weight is 575 g/mol. The Hall–Kier alpha value is -3.32. The lowest BCUT2D eigenvalue weighted by molar-refractivity contribution is -0.120. The summed E-state index contributed by atoms with van der Waals surface area (Å²) in [6, 6.07) is 7.02. The van der Waals surface area contributed by atoms with Crippen LogP contribution in [0.3, 0.4) is 0 Å². The Morgan fingerprint density at radius 2 is 1.11 bits per heavy atom. The van der Waals surface area contributed by atoms with E-state index in [-0.39, 0.29) is 35.8 Å². The molecule has 0 unspecified atom stereocenters. The second-order valence-electron chi connectivity index (χ2n) is 8.95. The molecule has 4 aromatic heterocycles. The number of carboxylic acid groups (broad SMARTS) is 2. The van der Waals surface area contributed by atoms with E-state index in [1.54, 1.807) is 45.8 Å².